The second kappa shape index (κ2) is 6.88. The van der Waals surface area contributed by atoms with E-state index < -0.39 is 0 Å². The van der Waals surface area contributed by atoms with Gasteiger partial charge in [0.25, 0.3) is 0 Å². The van der Waals surface area contributed by atoms with Gasteiger partial charge in [-0.2, -0.15) is 4.98 Å². The number of aryl methyl sites for hydroxylation is 1. The molecule has 7 nitrogen and oxygen atoms in total. The molecule has 2 atom stereocenters. The maximum atomic E-state index is 12.7. The van der Waals surface area contributed by atoms with E-state index in [1.165, 1.54) is 0 Å². The first-order valence-electron chi connectivity index (χ1n) is 9.27. The monoisotopic (exact) mass is 371 g/mol. The topological polar surface area (TPSA) is 65.8 Å². The van der Waals surface area contributed by atoms with Crippen molar-refractivity contribution in [3.63, 3.8) is 0 Å². The van der Waals surface area contributed by atoms with Crippen LogP contribution in [0.5, 0.6) is 11.5 Å². The van der Waals surface area contributed by atoms with Gasteiger partial charge in [-0.1, -0.05) is 0 Å². The van der Waals surface area contributed by atoms with Gasteiger partial charge < -0.3 is 19.1 Å². The van der Waals surface area contributed by atoms with E-state index in [-0.39, 0.29) is 17.9 Å². The van der Waals surface area contributed by atoms with Crippen LogP contribution < -0.4 is 20.1 Å². The summed E-state index contributed by atoms with van der Waals surface area (Å²) in [4.78, 5) is 19.2. The molecule has 0 radical (unpaired) electrons. The zero-order valence-corrected chi connectivity index (χ0v) is 16.2. The third-order valence-corrected chi connectivity index (χ3v) is 5.23. The van der Waals surface area contributed by atoms with Gasteiger partial charge in [-0.15, -0.1) is 0 Å². The molecule has 1 aromatic heterocycles. The molecule has 7 heteroatoms. The predicted molar refractivity (Wildman–Crippen MR) is 103 cm³/mol. The van der Waals surface area contributed by atoms with Crippen molar-refractivity contribution in [2.75, 3.05) is 32.2 Å². The number of fused-ring (bicyclic) bond motifs is 3. The Hall–Kier alpha value is -2.54. The molecule has 0 bridgehead atoms. The van der Waals surface area contributed by atoms with Gasteiger partial charge in [0.1, 0.15) is 5.82 Å². The summed E-state index contributed by atoms with van der Waals surface area (Å²) in [6.07, 6.45) is 0.965. The lowest BCUT2D eigenvalue weighted by Crippen LogP contribution is -2.46. The Kier molecular flexibility index (Phi) is 4.55. The fourth-order valence-electron chi connectivity index (χ4n) is 4.06. The first-order chi connectivity index (χ1) is 13.0. The lowest BCUT2D eigenvalue weighted by molar-refractivity contribution is -0.00548. The summed E-state index contributed by atoms with van der Waals surface area (Å²) >= 11 is 0. The zero-order valence-electron chi connectivity index (χ0n) is 16.2. The van der Waals surface area contributed by atoms with Gasteiger partial charge in [0.05, 0.1) is 32.1 Å². The number of aromatic nitrogens is 2. The van der Waals surface area contributed by atoms with Crippen molar-refractivity contribution in [2.24, 2.45) is 0 Å². The molecular weight excluding hydrogens is 346 g/mol. The number of nitrogens with zero attached hydrogens (tertiary/aromatic N) is 3. The smallest absolute Gasteiger partial charge is 0.350 e. The van der Waals surface area contributed by atoms with Crippen LogP contribution in [-0.4, -0.2) is 49.1 Å². The molecule has 1 saturated heterocycles. The van der Waals surface area contributed by atoms with E-state index in [2.05, 4.69) is 9.88 Å². The Morgan fingerprint density at radius 1 is 1.07 bits per heavy atom. The van der Waals surface area contributed by atoms with Crippen molar-refractivity contribution >= 4 is 5.82 Å². The average Bonchev–Trinajstić information content (AvgIpc) is 2.65. The summed E-state index contributed by atoms with van der Waals surface area (Å²) in [6.45, 7) is 6.14. The van der Waals surface area contributed by atoms with Crippen LogP contribution in [0.1, 0.15) is 19.4 Å². The predicted octanol–water partition coefficient (Wildman–Crippen LogP) is 2.10. The summed E-state index contributed by atoms with van der Waals surface area (Å²) < 4.78 is 18.4. The van der Waals surface area contributed by atoms with E-state index >= 15 is 0 Å². The lowest BCUT2D eigenvalue weighted by Gasteiger charge is -2.36. The quantitative estimate of drug-likeness (QED) is 0.823. The Balaban J connectivity index is 1.82. The van der Waals surface area contributed by atoms with E-state index in [1.807, 2.05) is 32.0 Å². The zero-order chi connectivity index (χ0) is 19.1. The number of ether oxygens (including phenoxy) is 3. The van der Waals surface area contributed by atoms with E-state index in [0.29, 0.717) is 23.9 Å². The minimum atomic E-state index is -0.213. The van der Waals surface area contributed by atoms with Crippen LogP contribution in [0.15, 0.2) is 23.0 Å². The number of rotatable bonds is 3. The molecule has 0 amide bonds. The summed E-state index contributed by atoms with van der Waals surface area (Å²) in [5.41, 5.74) is 2.80. The van der Waals surface area contributed by atoms with E-state index in [4.69, 9.17) is 14.2 Å². The first-order valence-corrected chi connectivity index (χ1v) is 9.27. The standard InChI is InChI=1S/C20H25N3O4/c1-12-10-22(11-13(2)27-12)19-9-16-15-8-18(26-4)17(25-3)7-14(15)5-6-23(16)20(24)21-19/h7-9,12-13H,5-6,10-11H2,1-4H3/t12-,13+. The second-order valence-corrected chi connectivity index (χ2v) is 7.21. The fourth-order valence-corrected chi connectivity index (χ4v) is 4.06. The van der Waals surface area contributed by atoms with Crippen LogP contribution >= 0.6 is 0 Å². The van der Waals surface area contributed by atoms with Crippen molar-refractivity contribution in [1.29, 1.82) is 0 Å². The highest BCUT2D eigenvalue weighted by molar-refractivity contribution is 5.72. The van der Waals surface area contributed by atoms with Crippen LogP contribution in [0.2, 0.25) is 0 Å². The van der Waals surface area contributed by atoms with Gasteiger partial charge in [-0.3, -0.25) is 4.57 Å². The Labute approximate surface area is 158 Å². The van der Waals surface area contributed by atoms with Gasteiger partial charge >= 0.3 is 5.69 Å². The molecule has 0 saturated carbocycles. The SMILES string of the molecule is COc1cc2c(cc1OC)-c1cc(N3C[C@@H](C)O[C@@H](C)C3)nc(=O)n1CC2. The molecule has 3 heterocycles. The van der Waals surface area contributed by atoms with Crippen molar-refractivity contribution in [3.8, 4) is 22.8 Å². The van der Waals surface area contributed by atoms with E-state index in [0.717, 1.165) is 36.3 Å². The lowest BCUT2D eigenvalue weighted by atomic mass is 9.96. The maximum Gasteiger partial charge on any atom is 0.350 e. The van der Waals surface area contributed by atoms with Gasteiger partial charge in [0.2, 0.25) is 0 Å². The Morgan fingerprint density at radius 2 is 1.74 bits per heavy atom. The minimum absolute atomic E-state index is 0.103. The molecule has 0 unspecified atom stereocenters. The number of hydrogen-bond acceptors (Lipinski definition) is 6. The maximum absolute atomic E-state index is 12.7. The highest BCUT2D eigenvalue weighted by Crippen LogP contribution is 2.38. The van der Waals surface area contributed by atoms with E-state index in [1.54, 1.807) is 18.8 Å². The normalized spacial score (nSPS) is 21.4. The number of anilines is 1. The van der Waals surface area contributed by atoms with Crippen molar-refractivity contribution in [1.82, 2.24) is 9.55 Å². The molecule has 0 aliphatic carbocycles. The molecule has 2 aliphatic rings. The van der Waals surface area contributed by atoms with Crippen LogP contribution in [0, 0.1) is 0 Å². The van der Waals surface area contributed by atoms with Gasteiger partial charge in [0.15, 0.2) is 11.5 Å². The third kappa shape index (κ3) is 3.16. The number of morpholine rings is 1. The van der Waals surface area contributed by atoms with Gasteiger partial charge in [-0.05, 0) is 38.0 Å². The third-order valence-electron chi connectivity index (χ3n) is 5.23. The van der Waals surface area contributed by atoms with Crippen LogP contribution in [-0.2, 0) is 17.7 Å². The van der Waals surface area contributed by atoms with Gasteiger partial charge in [0, 0.05) is 31.3 Å². The van der Waals surface area contributed by atoms with Crippen molar-refractivity contribution in [2.45, 2.75) is 39.0 Å². The molecule has 1 fully saturated rings. The molecule has 0 N–H and O–H groups in total. The highest BCUT2D eigenvalue weighted by Gasteiger charge is 2.26. The molecule has 1 aromatic carbocycles. The minimum Gasteiger partial charge on any atom is -0.493 e. The summed E-state index contributed by atoms with van der Waals surface area (Å²) in [5, 5.41) is 0. The number of hydrogen-bond donors (Lipinski definition) is 0. The second-order valence-electron chi connectivity index (χ2n) is 7.21. The van der Waals surface area contributed by atoms with Crippen molar-refractivity contribution in [3.05, 3.63) is 34.2 Å². The van der Waals surface area contributed by atoms with E-state index in [9.17, 15) is 4.79 Å². The summed E-state index contributed by atoms with van der Waals surface area (Å²) in [6, 6.07) is 5.96. The summed E-state index contributed by atoms with van der Waals surface area (Å²) in [7, 11) is 3.25. The molecule has 27 heavy (non-hydrogen) atoms. The largest absolute Gasteiger partial charge is 0.493 e. The average molecular weight is 371 g/mol. The van der Waals surface area contributed by atoms with Crippen LogP contribution in [0.4, 0.5) is 5.82 Å². The van der Waals surface area contributed by atoms with Gasteiger partial charge in [-0.25, -0.2) is 4.79 Å². The Bertz CT molecular complexity index is 914. The summed E-state index contributed by atoms with van der Waals surface area (Å²) in [5.74, 6) is 2.07. The number of benzene rings is 1. The molecule has 144 valence electrons. The fraction of sp³-hybridized carbons (Fsp3) is 0.500. The molecule has 4 rings (SSSR count). The first kappa shape index (κ1) is 17.9. The highest BCUT2D eigenvalue weighted by atomic mass is 16.5. The molecule has 2 aromatic rings. The molecule has 0 spiro atoms. The molecular formula is C20H25N3O4. The number of methoxy groups -OCH3 is 2. The Morgan fingerprint density at radius 3 is 2.41 bits per heavy atom. The molecule has 2 aliphatic heterocycles. The van der Waals surface area contributed by atoms with Crippen LogP contribution in [0.25, 0.3) is 11.3 Å². The van der Waals surface area contributed by atoms with Crippen molar-refractivity contribution < 1.29 is 14.2 Å². The van der Waals surface area contributed by atoms with Crippen LogP contribution in [0.3, 0.4) is 0 Å².